The fourth-order valence-corrected chi connectivity index (χ4v) is 2.49. The van der Waals surface area contributed by atoms with Crippen LogP contribution in [-0.2, 0) is 0 Å². The first-order chi connectivity index (χ1) is 8.19. The number of benzene rings is 1. The summed E-state index contributed by atoms with van der Waals surface area (Å²) in [5.74, 6) is 0. The van der Waals surface area contributed by atoms with Gasteiger partial charge in [0, 0.05) is 9.61 Å². The number of nitrogens with one attached hydrogen (secondary N) is 1. The summed E-state index contributed by atoms with van der Waals surface area (Å²) in [4.78, 5) is 0. The van der Waals surface area contributed by atoms with Gasteiger partial charge >= 0.3 is 0 Å². The highest BCUT2D eigenvalue weighted by molar-refractivity contribution is 14.1. The van der Waals surface area contributed by atoms with E-state index in [1.807, 2.05) is 0 Å². The van der Waals surface area contributed by atoms with E-state index >= 15 is 0 Å². The Morgan fingerprint density at radius 3 is 2.65 bits per heavy atom. The van der Waals surface area contributed by atoms with Crippen molar-refractivity contribution in [3.63, 3.8) is 0 Å². The molecule has 17 heavy (non-hydrogen) atoms. The van der Waals surface area contributed by atoms with E-state index in [-0.39, 0.29) is 0 Å². The van der Waals surface area contributed by atoms with Gasteiger partial charge in [0.15, 0.2) is 0 Å². The molecule has 1 atom stereocenters. The van der Waals surface area contributed by atoms with Crippen LogP contribution < -0.4 is 5.32 Å². The van der Waals surface area contributed by atoms with Crippen LogP contribution in [0.2, 0.25) is 5.02 Å². The third-order valence-electron chi connectivity index (χ3n) is 2.89. The highest BCUT2D eigenvalue weighted by Gasteiger charge is 2.11. The van der Waals surface area contributed by atoms with Gasteiger partial charge in [-0.25, -0.2) is 0 Å². The van der Waals surface area contributed by atoms with Crippen molar-refractivity contribution in [1.82, 2.24) is 5.32 Å². The van der Waals surface area contributed by atoms with Crippen molar-refractivity contribution < 1.29 is 0 Å². The SMILES string of the molecule is CCCCCC(NCC)c1ccc(I)c(Cl)c1. The standard InChI is InChI=1S/C14H21ClIN/c1-3-5-6-7-14(17-4-2)11-8-9-13(16)12(15)10-11/h8-10,14,17H,3-7H2,1-2H3. The minimum atomic E-state index is 0.445. The van der Waals surface area contributed by atoms with Crippen molar-refractivity contribution in [2.24, 2.45) is 0 Å². The smallest absolute Gasteiger partial charge is 0.0542 e. The normalized spacial score (nSPS) is 12.7. The molecule has 3 heteroatoms. The van der Waals surface area contributed by atoms with Gasteiger partial charge in [0.05, 0.1) is 5.02 Å². The summed E-state index contributed by atoms with van der Waals surface area (Å²) in [7, 11) is 0. The maximum Gasteiger partial charge on any atom is 0.0542 e. The average molecular weight is 366 g/mol. The van der Waals surface area contributed by atoms with Gasteiger partial charge in [0.25, 0.3) is 0 Å². The highest BCUT2D eigenvalue weighted by Crippen LogP contribution is 2.26. The first kappa shape index (κ1) is 15.3. The molecule has 1 rings (SSSR count). The first-order valence-corrected chi connectivity index (χ1v) is 7.83. The molecule has 0 radical (unpaired) electrons. The van der Waals surface area contributed by atoms with E-state index in [0.717, 1.165) is 15.1 Å². The topological polar surface area (TPSA) is 12.0 Å². The van der Waals surface area contributed by atoms with Crippen LogP contribution in [0.15, 0.2) is 18.2 Å². The van der Waals surface area contributed by atoms with Crippen molar-refractivity contribution in [1.29, 1.82) is 0 Å². The van der Waals surface area contributed by atoms with Gasteiger partial charge in [0.2, 0.25) is 0 Å². The largest absolute Gasteiger partial charge is 0.310 e. The lowest BCUT2D eigenvalue weighted by Gasteiger charge is -2.18. The fraction of sp³-hybridized carbons (Fsp3) is 0.571. The zero-order valence-electron chi connectivity index (χ0n) is 10.6. The molecule has 0 saturated carbocycles. The van der Waals surface area contributed by atoms with E-state index in [2.05, 4.69) is 60.0 Å². The highest BCUT2D eigenvalue weighted by atomic mass is 127. The predicted molar refractivity (Wildman–Crippen MR) is 84.7 cm³/mol. The van der Waals surface area contributed by atoms with E-state index < -0.39 is 0 Å². The van der Waals surface area contributed by atoms with Crippen LogP contribution in [0.25, 0.3) is 0 Å². The quantitative estimate of drug-likeness (QED) is 0.519. The van der Waals surface area contributed by atoms with Crippen molar-refractivity contribution in [3.05, 3.63) is 32.4 Å². The molecule has 0 spiro atoms. The predicted octanol–water partition coefficient (Wildman–Crippen LogP) is 5.18. The lowest BCUT2D eigenvalue weighted by Crippen LogP contribution is -2.20. The summed E-state index contributed by atoms with van der Waals surface area (Å²) >= 11 is 8.45. The second-order valence-corrected chi connectivity index (χ2v) is 5.85. The fourth-order valence-electron chi connectivity index (χ4n) is 1.96. The molecule has 96 valence electrons. The second kappa shape index (κ2) is 8.33. The Morgan fingerprint density at radius 1 is 1.29 bits per heavy atom. The Morgan fingerprint density at radius 2 is 2.06 bits per heavy atom. The zero-order chi connectivity index (χ0) is 12.7. The molecule has 0 aliphatic carbocycles. The van der Waals surface area contributed by atoms with Gasteiger partial charge in [-0.1, -0.05) is 50.8 Å². The van der Waals surface area contributed by atoms with E-state index in [0.29, 0.717) is 6.04 Å². The van der Waals surface area contributed by atoms with Crippen molar-refractivity contribution in [2.45, 2.75) is 45.6 Å². The van der Waals surface area contributed by atoms with E-state index in [4.69, 9.17) is 11.6 Å². The van der Waals surface area contributed by atoms with Gasteiger partial charge in [-0.15, -0.1) is 0 Å². The van der Waals surface area contributed by atoms with Gasteiger partial charge in [0.1, 0.15) is 0 Å². The molecule has 1 aromatic carbocycles. The molecule has 0 bridgehead atoms. The molecule has 0 saturated heterocycles. The third-order valence-corrected chi connectivity index (χ3v) is 4.47. The molecule has 0 amide bonds. The molecular weight excluding hydrogens is 345 g/mol. The van der Waals surface area contributed by atoms with Gasteiger partial charge in [-0.2, -0.15) is 0 Å². The molecule has 0 aromatic heterocycles. The lowest BCUT2D eigenvalue weighted by molar-refractivity contribution is 0.486. The van der Waals surface area contributed by atoms with E-state index in [1.165, 1.54) is 31.2 Å². The Bertz CT molecular complexity index is 341. The average Bonchev–Trinajstić information content (AvgIpc) is 2.32. The van der Waals surface area contributed by atoms with E-state index in [9.17, 15) is 0 Å². The van der Waals surface area contributed by atoms with Crippen LogP contribution in [0, 0.1) is 3.57 Å². The van der Waals surface area contributed by atoms with E-state index in [1.54, 1.807) is 0 Å². The number of hydrogen-bond acceptors (Lipinski definition) is 1. The number of halogens is 2. The minimum Gasteiger partial charge on any atom is -0.310 e. The van der Waals surface area contributed by atoms with Gasteiger partial charge < -0.3 is 5.32 Å². The first-order valence-electron chi connectivity index (χ1n) is 6.37. The van der Waals surface area contributed by atoms with Crippen LogP contribution in [0.4, 0.5) is 0 Å². The monoisotopic (exact) mass is 365 g/mol. The molecule has 1 nitrogen and oxygen atoms in total. The summed E-state index contributed by atoms with van der Waals surface area (Å²) < 4.78 is 1.12. The van der Waals surface area contributed by atoms with Crippen LogP contribution >= 0.6 is 34.2 Å². The van der Waals surface area contributed by atoms with Crippen molar-refractivity contribution in [3.8, 4) is 0 Å². The third kappa shape index (κ3) is 5.14. The van der Waals surface area contributed by atoms with Crippen LogP contribution in [0.1, 0.15) is 51.1 Å². The molecule has 0 fully saturated rings. The molecule has 1 aromatic rings. The van der Waals surface area contributed by atoms with Gasteiger partial charge in [-0.3, -0.25) is 0 Å². The van der Waals surface area contributed by atoms with Crippen LogP contribution in [0.3, 0.4) is 0 Å². The van der Waals surface area contributed by atoms with Crippen molar-refractivity contribution >= 4 is 34.2 Å². The summed E-state index contributed by atoms with van der Waals surface area (Å²) in [6.45, 7) is 5.39. The Kier molecular flexibility index (Phi) is 7.47. The summed E-state index contributed by atoms with van der Waals surface area (Å²) in [6.07, 6.45) is 5.04. The molecule has 0 aliphatic heterocycles. The minimum absolute atomic E-state index is 0.445. The zero-order valence-corrected chi connectivity index (χ0v) is 13.5. The lowest BCUT2D eigenvalue weighted by atomic mass is 10.0. The summed E-state index contributed by atoms with van der Waals surface area (Å²) in [6, 6.07) is 6.83. The second-order valence-electron chi connectivity index (χ2n) is 4.28. The van der Waals surface area contributed by atoms with Crippen molar-refractivity contribution in [2.75, 3.05) is 6.54 Å². The van der Waals surface area contributed by atoms with Crippen LogP contribution in [-0.4, -0.2) is 6.54 Å². The summed E-state index contributed by atoms with van der Waals surface area (Å²) in [5.41, 5.74) is 1.31. The molecular formula is C14H21ClIN. The van der Waals surface area contributed by atoms with Gasteiger partial charge in [-0.05, 0) is 53.3 Å². The maximum absolute atomic E-state index is 6.18. The van der Waals surface area contributed by atoms with Crippen LogP contribution in [0.5, 0.6) is 0 Å². The Labute approximate surface area is 123 Å². The Balaban J connectivity index is 2.70. The Hall–Kier alpha value is 0.200. The molecule has 0 heterocycles. The summed E-state index contributed by atoms with van der Waals surface area (Å²) in [5, 5.41) is 4.41. The molecule has 1 unspecified atom stereocenters. The molecule has 0 aliphatic rings. The maximum atomic E-state index is 6.18. The number of unbranched alkanes of at least 4 members (excludes halogenated alkanes) is 2. The molecule has 1 N–H and O–H groups in total. The number of hydrogen-bond donors (Lipinski definition) is 1. The number of rotatable bonds is 7.